The summed E-state index contributed by atoms with van der Waals surface area (Å²) in [6.45, 7) is 3.17. The minimum atomic E-state index is 0.392. The van der Waals surface area contributed by atoms with Crippen molar-refractivity contribution in [2.75, 3.05) is 20.8 Å². The van der Waals surface area contributed by atoms with Crippen molar-refractivity contribution in [3.05, 3.63) is 59.8 Å². The summed E-state index contributed by atoms with van der Waals surface area (Å²) < 4.78 is 10.7. The van der Waals surface area contributed by atoms with Crippen LogP contribution in [0.15, 0.2) is 48.7 Å². The van der Waals surface area contributed by atoms with E-state index in [1.165, 1.54) is 22.0 Å². The van der Waals surface area contributed by atoms with Gasteiger partial charge in [0.1, 0.15) is 0 Å². The highest BCUT2D eigenvalue weighted by Crippen LogP contribution is 2.28. The summed E-state index contributed by atoms with van der Waals surface area (Å²) in [5, 5.41) is 4.93. The average molecular weight is 338 g/mol. The van der Waals surface area contributed by atoms with Crippen LogP contribution in [0.1, 0.15) is 18.1 Å². The zero-order valence-corrected chi connectivity index (χ0v) is 15.1. The van der Waals surface area contributed by atoms with E-state index in [2.05, 4.69) is 59.8 Å². The van der Waals surface area contributed by atoms with Crippen molar-refractivity contribution in [2.24, 2.45) is 0 Å². The second-order valence-electron chi connectivity index (χ2n) is 6.36. The minimum absolute atomic E-state index is 0.392. The molecule has 3 rings (SSSR count). The van der Waals surface area contributed by atoms with E-state index in [4.69, 9.17) is 9.47 Å². The number of hydrogen-bond acceptors (Lipinski definition) is 3. The molecule has 0 aliphatic carbocycles. The fourth-order valence-electron chi connectivity index (χ4n) is 3.23. The molecule has 0 bridgehead atoms. The van der Waals surface area contributed by atoms with Crippen molar-refractivity contribution < 1.29 is 9.47 Å². The summed E-state index contributed by atoms with van der Waals surface area (Å²) in [6, 6.07) is 14.9. The summed E-state index contributed by atoms with van der Waals surface area (Å²) in [7, 11) is 3.33. The molecule has 25 heavy (non-hydrogen) atoms. The van der Waals surface area contributed by atoms with Gasteiger partial charge in [-0.1, -0.05) is 24.3 Å². The lowest BCUT2D eigenvalue weighted by Gasteiger charge is -2.15. The number of para-hydroxylation sites is 1. The van der Waals surface area contributed by atoms with Gasteiger partial charge < -0.3 is 19.8 Å². The van der Waals surface area contributed by atoms with Gasteiger partial charge in [-0.25, -0.2) is 0 Å². The standard InChI is InChI=1S/C21H26N2O2/c1-15(12-16-8-9-20(24-2)21(13-16)25-3)22-11-10-17-14-23-19-7-5-4-6-18(17)19/h4-9,13-15,22-23H,10-12H2,1-3H3. The molecule has 4 nitrogen and oxygen atoms in total. The van der Waals surface area contributed by atoms with Gasteiger partial charge in [0.25, 0.3) is 0 Å². The lowest BCUT2D eigenvalue weighted by molar-refractivity contribution is 0.354. The summed E-state index contributed by atoms with van der Waals surface area (Å²) in [4.78, 5) is 3.34. The fourth-order valence-corrected chi connectivity index (χ4v) is 3.23. The van der Waals surface area contributed by atoms with Gasteiger partial charge >= 0.3 is 0 Å². The molecule has 0 aliphatic rings. The monoisotopic (exact) mass is 338 g/mol. The molecule has 0 fully saturated rings. The molecule has 0 saturated carbocycles. The molecular weight excluding hydrogens is 312 g/mol. The molecule has 1 aromatic heterocycles. The van der Waals surface area contributed by atoms with Gasteiger partial charge in [0, 0.05) is 23.1 Å². The third kappa shape index (κ3) is 4.15. The normalized spacial score (nSPS) is 12.3. The SMILES string of the molecule is COc1ccc(CC(C)NCCc2c[nH]c3ccccc23)cc1OC. The van der Waals surface area contributed by atoms with E-state index in [9.17, 15) is 0 Å². The number of aromatic amines is 1. The Kier molecular flexibility index (Phi) is 5.61. The molecule has 2 N–H and O–H groups in total. The van der Waals surface area contributed by atoms with Crippen LogP contribution in [0.5, 0.6) is 11.5 Å². The highest BCUT2D eigenvalue weighted by atomic mass is 16.5. The van der Waals surface area contributed by atoms with Crippen molar-refractivity contribution in [1.29, 1.82) is 0 Å². The summed E-state index contributed by atoms with van der Waals surface area (Å²) in [5.74, 6) is 1.55. The molecule has 0 radical (unpaired) electrons. The maximum Gasteiger partial charge on any atom is 0.160 e. The van der Waals surface area contributed by atoms with Gasteiger partial charge in [-0.15, -0.1) is 0 Å². The second-order valence-corrected chi connectivity index (χ2v) is 6.36. The highest BCUT2D eigenvalue weighted by Gasteiger charge is 2.09. The Morgan fingerprint density at radius 2 is 1.84 bits per heavy atom. The molecule has 1 heterocycles. The van der Waals surface area contributed by atoms with Gasteiger partial charge in [0.15, 0.2) is 11.5 Å². The third-order valence-corrected chi connectivity index (χ3v) is 4.55. The number of aromatic nitrogens is 1. The number of fused-ring (bicyclic) bond motifs is 1. The van der Waals surface area contributed by atoms with Crippen LogP contribution in [-0.4, -0.2) is 31.8 Å². The summed E-state index contributed by atoms with van der Waals surface area (Å²) in [6.07, 6.45) is 4.08. The van der Waals surface area contributed by atoms with Crippen LogP contribution in [0.25, 0.3) is 10.9 Å². The van der Waals surface area contributed by atoms with Crippen LogP contribution < -0.4 is 14.8 Å². The predicted molar refractivity (Wildman–Crippen MR) is 103 cm³/mol. The Bertz CT molecular complexity index is 826. The summed E-state index contributed by atoms with van der Waals surface area (Å²) in [5.41, 5.74) is 3.81. The quantitative estimate of drug-likeness (QED) is 0.654. The first kappa shape index (κ1) is 17.4. The number of methoxy groups -OCH3 is 2. The van der Waals surface area contributed by atoms with Crippen LogP contribution in [0, 0.1) is 0 Å². The molecular formula is C21H26N2O2. The van der Waals surface area contributed by atoms with Gasteiger partial charge in [0.2, 0.25) is 0 Å². The number of nitrogens with one attached hydrogen (secondary N) is 2. The van der Waals surface area contributed by atoms with E-state index in [1.54, 1.807) is 14.2 Å². The summed E-state index contributed by atoms with van der Waals surface area (Å²) >= 11 is 0. The maximum atomic E-state index is 5.38. The van der Waals surface area contributed by atoms with Crippen molar-refractivity contribution in [2.45, 2.75) is 25.8 Å². The van der Waals surface area contributed by atoms with Crippen molar-refractivity contribution in [3.8, 4) is 11.5 Å². The first-order chi connectivity index (χ1) is 12.2. The average Bonchev–Trinajstić information content (AvgIpc) is 3.05. The largest absolute Gasteiger partial charge is 0.493 e. The molecule has 4 heteroatoms. The Balaban J connectivity index is 1.53. The Morgan fingerprint density at radius 1 is 1.04 bits per heavy atom. The lowest BCUT2D eigenvalue weighted by atomic mass is 10.1. The smallest absolute Gasteiger partial charge is 0.160 e. The van der Waals surface area contributed by atoms with Gasteiger partial charge in [0.05, 0.1) is 14.2 Å². The predicted octanol–water partition coefficient (Wildman–Crippen LogP) is 3.95. The van der Waals surface area contributed by atoms with Crippen LogP contribution in [0.2, 0.25) is 0 Å². The number of hydrogen-bond donors (Lipinski definition) is 2. The first-order valence-electron chi connectivity index (χ1n) is 8.70. The third-order valence-electron chi connectivity index (χ3n) is 4.55. The first-order valence-corrected chi connectivity index (χ1v) is 8.70. The zero-order valence-electron chi connectivity index (χ0n) is 15.1. The van der Waals surface area contributed by atoms with Crippen molar-refractivity contribution in [1.82, 2.24) is 10.3 Å². The molecule has 3 aromatic rings. The van der Waals surface area contributed by atoms with Crippen molar-refractivity contribution >= 4 is 10.9 Å². The number of ether oxygens (including phenoxy) is 2. The lowest BCUT2D eigenvalue weighted by Crippen LogP contribution is -2.29. The molecule has 0 saturated heterocycles. The molecule has 2 aromatic carbocycles. The number of H-pyrrole nitrogens is 1. The van der Waals surface area contributed by atoms with E-state index >= 15 is 0 Å². The highest BCUT2D eigenvalue weighted by molar-refractivity contribution is 5.83. The van der Waals surface area contributed by atoms with Crippen molar-refractivity contribution in [3.63, 3.8) is 0 Å². The molecule has 132 valence electrons. The molecule has 1 unspecified atom stereocenters. The van der Waals surface area contributed by atoms with Crippen LogP contribution in [-0.2, 0) is 12.8 Å². The number of rotatable bonds is 8. The topological polar surface area (TPSA) is 46.3 Å². The maximum absolute atomic E-state index is 5.38. The zero-order chi connectivity index (χ0) is 17.6. The molecule has 0 amide bonds. The van der Waals surface area contributed by atoms with E-state index in [-0.39, 0.29) is 0 Å². The van der Waals surface area contributed by atoms with Gasteiger partial charge in [-0.05, 0) is 55.6 Å². The number of benzene rings is 2. The van der Waals surface area contributed by atoms with E-state index in [1.807, 2.05) is 6.07 Å². The van der Waals surface area contributed by atoms with E-state index < -0.39 is 0 Å². The van der Waals surface area contributed by atoms with E-state index in [0.717, 1.165) is 30.9 Å². The van der Waals surface area contributed by atoms with Crippen LogP contribution >= 0.6 is 0 Å². The Labute approximate surface area is 149 Å². The van der Waals surface area contributed by atoms with Gasteiger partial charge in [-0.3, -0.25) is 0 Å². The minimum Gasteiger partial charge on any atom is -0.493 e. The van der Waals surface area contributed by atoms with E-state index in [0.29, 0.717) is 6.04 Å². The Hall–Kier alpha value is -2.46. The van der Waals surface area contributed by atoms with Crippen LogP contribution in [0.4, 0.5) is 0 Å². The molecule has 0 spiro atoms. The molecule has 0 aliphatic heterocycles. The fraction of sp³-hybridized carbons (Fsp3) is 0.333. The second kappa shape index (κ2) is 8.08. The molecule has 1 atom stereocenters. The van der Waals surface area contributed by atoms with Gasteiger partial charge in [-0.2, -0.15) is 0 Å². The van der Waals surface area contributed by atoms with Crippen LogP contribution in [0.3, 0.4) is 0 Å². The Morgan fingerprint density at radius 3 is 2.64 bits per heavy atom.